The fourth-order valence-corrected chi connectivity index (χ4v) is 3.10. The summed E-state index contributed by atoms with van der Waals surface area (Å²) < 4.78 is 0. The van der Waals surface area contributed by atoms with Gasteiger partial charge < -0.3 is 15.4 Å². The van der Waals surface area contributed by atoms with Crippen molar-refractivity contribution in [3.8, 4) is 17.1 Å². The number of phenolic OH excluding ortho intramolecular Hbond substituents is 1. The Hall–Kier alpha value is -3.41. The number of phenols is 1. The van der Waals surface area contributed by atoms with Gasteiger partial charge in [-0.15, -0.1) is 0 Å². The summed E-state index contributed by atoms with van der Waals surface area (Å²) in [5, 5.41) is 12.2. The number of carbonyl (C=O) groups is 1. The molecule has 6 nitrogen and oxygen atoms in total. The van der Waals surface area contributed by atoms with Crippen LogP contribution in [0, 0.1) is 0 Å². The third-order valence-corrected chi connectivity index (χ3v) is 4.29. The van der Waals surface area contributed by atoms with E-state index in [0.29, 0.717) is 11.4 Å². The molecule has 0 fully saturated rings. The molecule has 0 radical (unpaired) electrons. The summed E-state index contributed by atoms with van der Waals surface area (Å²) >= 11 is 0. The zero-order chi connectivity index (χ0) is 17.4. The van der Waals surface area contributed by atoms with Crippen molar-refractivity contribution in [3.63, 3.8) is 0 Å². The summed E-state index contributed by atoms with van der Waals surface area (Å²) in [5.41, 5.74) is 1.71. The number of benzene rings is 2. The quantitative estimate of drug-likeness (QED) is 0.672. The van der Waals surface area contributed by atoms with Gasteiger partial charge in [-0.25, -0.2) is 4.98 Å². The zero-order valence-corrected chi connectivity index (χ0v) is 13.2. The lowest BCUT2D eigenvalue weighted by Gasteiger charge is -2.24. The highest BCUT2D eigenvalue weighted by atomic mass is 16.3. The van der Waals surface area contributed by atoms with Crippen LogP contribution in [0.4, 0.5) is 5.82 Å². The Morgan fingerprint density at radius 2 is 1.72 bits per heavy atom. The molecule has 2 aromatic carbocycles. The highest BCUT2D eigenvalue weighted by Crippen LogP contribution is 2.34. The molecule has 0 bridgehead atoms. The number of anilines is 1. The summed E-state index contributed by atoms with van der Waals surface area (Å²) in [6, 6.07) is 15.8. The monoisotopic (exact) mass is 333 g/mol. The van der Waals surface area contributed by atoms with Gasteiger partial charge in [0.15, 0.2) is 0 Å². The van der Waals surface area contributed by atoms with Gasteiger partial charge in [-0.3, -0.25) is 9.59 Å². The van der Waals surface area contributed by atoms with Crippen LogP contribution >= 0.6 is 0 Å². The molecule has 6 heteroatoms. The van der Waals surface area contributed by atoms with Gasteiger partial charge in [0.2, 0.25) is 5.91 Å². The predicted octanol–water partition coefficient (Wildman–Crippen LogP) is 2.62. The normalized spacial score (nSPS) is 16.2. The molecule has 25 heavy (non-hydrogen) atoms. The van der Waals surface area contributed by atoms with Crippen molar-refractivity contribution in [1.82, 2.24) is 9.97 Å². The summed E-state index contributed by atoms with van der Waals surface area (Å²) in [6.45, 7) is 0. The molecule has 1 amide bonds. The van der Waals surface area contributed by atoms with Gasteiger partial charge in [0.1, 0.15) is 17.4 Å². The number of aromatic amines is 1. The van der Waals surface area contributed by atoms with Crippen LogP contribution in [0.3, 0.4) is 0 Å². The van der Waals surface area contributed by atoms with Gasteiger partial charge in [-0.05, 0) is 17.7 Å². The number of amides is 1. The Kier molecular flexibility index (Phi) is 3.57. The van der Waals surface area contributed by atoms with Crippen molar-refractivity contribution in [2.24, 2.45) is 0 Å². The number of aromatic hydroxyl groups is 1. The van der Waals surface area contributed by atoms with Gasteiger partial charge in [0.25, 0.3) is 5.56 Å². The van der Waals surface area contributed by atoms with Crippen LogP contribution in [0.2, 0.25) is 0 Å². The molecular weight excluding hydrogens is 318 g/mol. The molecule has 0 spiro atoms. The molecule has 0 unspecified atom stereocenters. The lowest BCUT2D eigenvalue weighted by atomic mass is 9.87. The maximum Gasteiger partial charge on any atom is 0.257 e. The number of rotatable bonds is 2. The SMILES string of the molecule is O=C1C[C@H](c2ccc(O)cc2)c2c(nc(-c3ccccc3)[nH]c2=O)N1. The molecular formula is C19H15N3O3. The Morgan fingerprint density at radius 3 is 2.44 bits per heavy atom. The van der Waals surface area contributed by atoms with Gasteiger partial charge in [0.05, 0.1) is 5.56 Å². The third kappa shape index (κ3) is 2.78. The van der Waals surface area contributed by atoms with Crippen molar-refractivity contribution in [1.29, 1.82) is 0 Å². The summed E-state index contributed by atoms with van der Waals surface area (Å²) in [5.74, 6) is 0.247. The van der Waals surface area contributed by atoms with Crippen molar-refractivity contribution in [2.45, 2.75) is 12.3 Å². The maximum atomic E-state index is 12.7. The smallest absolute Gasteiger partial charge is 0.257 e. The Labute approximate surface area is 143 Å². The number of aromatic nitrogens is 2. The van der Waals surface area contributed by atoms with E-state index in [2.05, 4.69) is 15.3 Å². The zero-order valence-electron chi connectivity index (χ0n) is 13.2. The average molecular weight is 333 g/mol. The number of nitrogens with zero attached hydrogens (tertiary/aromatic N) is 1. The molecule has 4 rings (SSSR count). The first-order chi connectivity index (χ1) is 12.1. The first-order valence-corrected chi connectivity index (χ1v) is 7.90. The second kappa shape index (κ2) is 5.90. The van der Waals surface area contributed by atoms with E-state index in [9.17, 15) is 14.7 Å². The number of hydrogen-bond donors (Lipinski definition) is 3. The van der Waals surface area contributed by atoms with Gasteiger partial charge in [-0.1, -0.05) is 42.5 Å². The largest absolute Gasteiger partial charge is 0.508 e. The lowest BCUT2D eigenvalue weighted by molar-refractivity contribution is -0.116. The van der Waals surface area contributed by atoms with E-state index in [-0.39, 0.29) is 29.5 Å². The minimum atomic E-state index is -0.398. The standard InChI is InChI=1S/C19H15N3O3/c23-13-8-6-11(7-9-13)14-10-15(24)20-18-16(14)19(25)22-17(21-18)12-4-2-1-3-5-12/h1-9,14,23H,10H2,(H2,20,21,22,24,25)/t14-/m1/s1. The average Bonchev–Trinajstić information content (AvgIpc) is 2.62. The van der Waals surface area contributed by atoms with Crippen LogP contribution in [0.5, 0.6) is 5.75 Å². The minimum Gasteiger partial charge on any atom is -0.508 e. The van der Waals surface area contributed by atoms with Crippen LogP contribution in [0.1, 0.15) is 23.5 Å². The van der Waals surface area contributed by atoms with Crippen molar-refractivity contribution in [2.75, 3.05) is 5.32 Å². The molecule has 3 aromatic rings. The number of nitrogens with one attached hydrogen (secondary N) is 2. The number of H-pyrrole nitrogens is 1. The van der Waals surface area contributed by atoms with E-state index < -0.39 is 5.92 Å². The summed E-state index contributed by atoms with van der Waals surface area (Å²) in [6.07, 6.45) is 0.160. The number of hydrogen-bond acceptors (Lipinski definition) is 4. The van der Waals surface area contributed by atoms with Crippen LogP contribution < -0.4 is 10.9 Å². The molecule has 0 saturated carbocycles. The van der Waals surface area contributed by atoms with Crippen molar-refractivity contribution < 1.29 is 9.90 Å². The van der Waals surface area contributed by atoms with Crippen molar-refractivity contribution in [3.05, 3.63) is 76.1 Å². The van der Waals surface area contributed by atoms with E-state index >= 15 is 0 Å². The second-order valence-corrected chi connectivity index (χ2v) is 5.94. The fraction of sp³-hybridized carbons (Fsp3) is 0.105. The minimum absolute atomic E-state index is 0.135. The van der Waals surface area contributed by atoms with Crippen LogP contribution in [-0.4, -0.2) is 21.0 Å². The Bertz CT molecular complexity index is 995. The first-order valence-electron chi connectivity index (χ1n) is 7.90. The van der Waals surface area contributed by atoms with Gasteiger partial charge in [-0.2, -0.15) is 0 Å². The summed E-state index contributed by atoms with van der Waals surface area (Å²) in [4.78, 5) is 32.1. The van der Waals surface area contributed by atoms with E-state index in [4.69, 9.17) is 0 Å². The highest BCUT2D eigenvalue weighted by molar-refractivity contribution is 5.94. The topological polar surface area (TPSA) is 95.1 Å². The molecule has 2 heterocycles. The third-order valence-electron chi connectivity index (χ3n) is 4.29. The molecule has 0 aliphatic carbocycles. The van der Waals surface area contributed by atoms with Crippen LogP contribution in [-0.2, 0) is 4.79 Å². The number of fused-ring (bicyclic) bond motifs is 1. The van der Waals surface area contributed by atoms with E-state index in [0.717, 1.165) is 11.1 Å². The Morgan fingerprint density at radius 1 is 1.00 bits per heavy atom. The van der Waals surface area contributed by atoms with E-state index in [1.54, 1.807) is 24.3 Å². The first kappa shape index (κ1) is 15.1. The van der Waals surface area contributed by atoms with Gasteiger partial charge >= 0.3 is 0 Å². The predicted molar refractivity (Wildman–Crippen MR) is 93.5 cm³/mol. The molecule has 0 saturated heterocycles. The molecule has 1 aliphatic heterocycles. The van der Waals surface area contributed by atoms with Crippen molar-refractivity contribution >= 4 is 11.7 Å². The second-order valence-electron chi connectivity index (χ2n) is 5.94. The maximum absolute atomic E-state index is 12.7. The highest BCUT2D eigenvalue weighted by Gasteiger charge is 2.30. The van der Waals surface area contributed by atoms with E-state index in [1.807, 2.05) is 30.3 Å². The molecule has 1 aliphatic rings. The number of carbonyl (C=O) groups excluding carboxylic acids is 1. The van der Waals surface area contributed by atoms with E-state index in [1.165, 1.54) is 0 Å². The fourth-order valence-electron chi connectivity index (χ4n) is 3.10. The van der Waals surface area contributed by atoms with Gasteiger partial charge in [0, 0.05) is 17.9 Å². The van der Waals surface area contributed by atoms with Crippen LogP contribution in [0.25, 0.3) is 11.4 Å². The lowest BCUT2D eigenvalue weighted by Crippen LogP contribution is -2.31. The molecule has 1 atom stereocenters. The summed E-state index contributed by atoms with van der Waals surface area (Å²) in [7, 11) is 0. The molecule has 3 N–H and O–H groups in total. The molecule has 1 aromatic heterocycles. The molecule has 124 valence electrons. The van der Waals surface area contributed by atoms with Crippen LogP contribution in [0.15, 0.2) is 59.4 Å². The Balaban J connectivity index is 1.85.